The zero-order chi connectivity index (χ0) is 14.9. The number of benzene rings is 1. The van der Waals surface area contributed by atoms with Crippen molar-refractivity contribution in [3.63, 3.8) is 0 Å². The predicted molar refractivity (Wildman–Crippen MR) is 77.4 cm³/mol. The van der Waals surface area contributed by atoms with E-state index in [2.05, 4.69) is 4.99 Å². The van der Waals surface area contributed by atoms with Gasteiger partial charge in [-0.2, -0.15) is 0 Å². The number of carbonyl (C=O) groups excluding carboxylic acids is 2. The molecule has 0 radical (unpaired) electrons. The van der Waals surface area contributed by atoms with Crippen molar-refractivity contribution in [1.82, 2.24) is 0 Å². The molecule has 0 amide bonds. The summed E-state index contributed by atoms with van der Waals surface area (Å²) < 4.78 is 0. The summed E-state index contributed by atoms with van der Waals surface area (Å²) in [5.41, 5.74) is 2.33. The van der Waals surface area contributed by atoms with Crippen LogP contribution in [0.3, 0.4) is 0 Å². The molecule has 1 aromatic carbocycles. The lowest BCUT2D eigenvalue weighted by Crippen LogP contribution is -2.21. The van der Waals surface area contributed by atoms with Gasteiger partial charge in [-0.15, -0.1) is 0 Å². The summed E-state index contributed by atoms with van der Waals surface area (Å²) in [4.78, 5) is 28.4. The van der Waals surface area contributed by atoms with E-state index in [0.717, 1.165) is 11.1 Å². The molecule has 0 aliphatic carbocycles. The SMILES string of the molecule is CCC(=O)[C@@H]1Cc2ccc(O)cc2C(C(C)=O)C(C)=N1. The van der Waals surface area contributed by atoms with Gasteiger partial charge in [0.05, 0.1) is 5.92 Å². The Morgan fingerprint density at radius 2 is 2.10 bits per heavy atom. The minimum absolute atomic E-state index is 0.0253. The molecule has 2 rings (SSSR count). The van der Waals surface area contributed by atoms with Crippen LogP contribution in [0.25, 0.3) is 0 Å². The number of carbonyl (C=O) groups is 2. The summed E-state index contributed by atoms with van der Waals surface area (Å²) in [5, 5.41) is 9.67. The Bertz CT molecular complexity index is 589. The van der Waals surface area contributed by atoms with E-state index >= 15 is 0 Å². The third kappa shape index (κ3) is 2.64. The molecule has 1 N–H and O–H groups in total. The van der Waals surface area contributed by atoms with Gasteiger partial charge in [-0.25, -0.2) is 0 Å². The first-order valence-electron chi connectivity index (χ1n) is 6.83. The normalized spacial score (nSPS) is 21.6. The number of aromatic hydroxyl groups is 1. The van der Waals surface area contributed by atoms with Gasteiger partial charge in [0.2, 0.25) is 0 Å². The van der Waals surface area contributed by atoms with Crippen molar-refractivity contribution in [3.05, 3.63) is 29.3 Å². The summed E-state index contributed by atoms with van der Waals surface area (Å²) >= 11 is 0. The molecule has 1 aliphatic rings. The monoisotopic (exact) mass is 273 g/mol. The van der Waals surface area contributed by atoms with E-state index < -0.39 is 12.0 Å². The Hall–Kier alpha value is -1.97. The smallest absolute Gasteiger partial charge is 0.157 e. The molecule has 0 bridgehead atoms. The Morgan fingerprint density at radius 1 is 1.40 bits per heavy atom. The minimum Gasteiger partial charge on any atom is -0.508 e. The highest BCUT2D eigenvalue weighted by atomic mass is 16.3. The number of aliphatic imine (C=N–C) groups is 1. The highest BCUT2D eigenvalue weighted by Gasteiger charge is 2.30. The number of nitrogens with zero attached hydrogens (tertiary/aromatic N) is 1. The van der Waals surface area contributed by atoms with Crippen molar-refractivity contribution >= 4 is 17.3 Å². The van der Waals surface area contributed by atoms with Gasteiger partial charge in [0, 0.05) is 18.6 Å². The Balaban J connectivity index is 2.57. The van der Waals surface area contributed by atoms with Gasteiger partial charge in [0.1, 0.15) is 17.6 Å². The summed E-state index contributed by atoms with van der Waals surface area (Å²) in [6.07, 6.45) is 0.920. The molecule has 0 spiro atoms. The number of phenols is 1. The van der Waals surface area contributed by atoms with Crippen LogP contribution in [-0.2, 0) is 16.0 Å². The third-order valence-electron chi connectivity index (χ3n) is 3.76. The molecule has 4 nitrogen and oxygen atoms in total. The number of phenolic OH excluding ortho intramolecular Hbond substituents is 1. The van der Waals surface area contributed by atoms with Crippen molar-refractivity contribution < 1.29 is 14.7 Å². The second kappa shape index (κ2) is 5.57. The van der Waals surface area contributed by atoms with Gasteiger partial charge >= 0.3 is 0 Å². The third-order valence-corrected chi connectivity index (χ3v) is 3.76. The fraction of sp³-hybridized carbons (Fsp3) is 0.438. The first-order chi connectivity index (χ1) is 9.43. The molecule has 0 saturated heterocycles. The maximum Gasteiger partial charge on any atom is 0.157 e. The summed E-state index contributed by atoms with van der Waals surface area (Å²) in [7, 11) is 0. The minimum atomic E-state index is -0.466. The number of fused-ring (bicyclic) bond motifs is 1. The zero-order valence-electron chi connectivity index (χ0n) is 12.0. The zero-order valence-corrected chi connectivity index (χ0v) is 12.0. The fourth-order valence-corrected chi connectivity index (χ4v) is 2.77. The van der Waals surface area contributed by atoms with Crippen LogP contribution in [0.4, 0.5) is 0 Å². The maximum absolute atomic E-state index is 12.0. The lowest BCUT2D eigenvalue weighted by atomic mass is 9.87. The molecule has 1 aromatic rings. The second-order valence-electron chi connectivity index (χ2n) is 5.24. The molecule has 1 heterocycles. The largest absolute Gasteiger partial charge is 0.508 e. The molecule has 2 atom stereocenters. The highest BCUT2D eigenvalue weighted by molar-refractivity contribution is 6.09. The molecule has 0 fully saturated rings. The maximum atomic E-state index is 12.0. The van der Waals surface area contributed by atoms with Gasteiger partial charge in [-0.1, -0.05) is 13.0 Å². The van der Waals surface area contributed by atoms with Crippen LogP contribution in [0, 0.1) is 0 Å². The van der Waals surface area contributed by atoms with Crippen LogP contribution in [0.1, 0.15) is 44.2 Å². The van der Waals surface area contributed by atoms with E-state index in [9.17, 15) is 14.7 Å². The molecule has 1 aliphatic heterocycles. The Labute approximate surface area is 118 Å². The predicted octanol–water partition coefficient (Wildman–Crippen LogP) is 2.43. The summed E-state index contributed by atoms with van der Waals surface area (Å²) in [6, 6.07) is 4.56. The highest BCUT2D eigenvalue weighted by Crippen LogP contribution is 2.31. The van der Waals surface area contributed by atoms with E-state index in [0.29, 0.717) is 18.6 Å². The Morgan fingerprint density at radius 3 is 2.70 bits per heavy atom. The van der Waals surface area contributed by atoms with Crippen LogP contribution < -0.4 is 0 Å². The number of ketones is 2. The first kappa shape index (κ1) is 14.4. The standard InChI is InChI=1S/C16H19NO3/c1-4-15(20)14-7-11-5-6-12(19)8-13(11)16(10(3)18)9(2)17-14/h5-6,8,14,16,19H,4,7H2,1-3H3/t14-,16?/m0/s1. The van der Waals surface area contributed by atoms with Crippen molar-refractivity contribution in [2.45, 2.75) is 45.6 Å². The van der Waals surface area contributed by atoms with E-state index in [1.54, 1.807) is 25.1 Å². The van der Waals surface area contributed by atoms with E-state index in [1.165, 1.54) is 6.92 Å². The molecule has 106 valence electrons. The average molecular weight is 273 g/mol. The quantitative estimate of drug-likeness (QED) is 0.919. The van der Waals surface area contributed by atoms with Crippen LogP contribution in [0.15, 0.2) is 23.2 Å². The van der Waals surface area contributed by atoms with Gasteiger partial charge in [-0.05, 0) is 37.1 Å². The molecular weight excluding hydrogens is 254 g/mol. The second-order valence-corrected chi connectivity index (χ2v) is 5.24. The number of rotatable bonds is 3. The fourth-order valence-electron chi connectivity index (χ4n) is 2.77. The summed E-state index contributed by atoms with van der Waals surface area (Å²) in [5.74, 6) is -0.287. The first-order valence-corrected chi connectivity index (χ1v) is 6.83. The van der Waals surface area contributed by atoms with E-state index in [4.69, 9.17) is 0 Å². The van der Waals surface area contributed by atoms with Crippen molar-refractivity contribution in [3.8, 4) is 5.75 Å². The molecule has 4 heteroatoms. The number of hydrogen-bond acceptors (Lipinski definition) is 4. The van der Waals surface area contributed by atoms with Gasteiger partial charge in [0.15, 0.2) is 5.78 Å². The van der Waals surface area contributed by atoms with Crippen LogP contribution in [0.5, 0.6) is 5.75 Å². The molecule has 1 unspecified atom stereocenters. The van der Waals surface area contributed by atoms with Gasteiger partial charge in [0.25, 0.3) is 0 Å². The van der Waals surface area contributed by atoms with Crippen LogP contribution in [0.2, 0.25) is 0 Å². The van der Waals surface area contributed by atoms with Gasteiger partial charge in [-0.3, -0.25) is 14.6 Å². The van der Waals surface area contributed by atoms with Crippen molar-refractivity contribution in [2.24, 2.45) is 4.99 Å². The van der Waals surface area contributed by atoms with E-state index in [-0.39, 0.29) is 17.3 Å². The van der Waals surface area contributed by atoms with Crippen molar-refractivity contribution in [1.29, 1.82) is 0 Å². The lowest BCUT2D eigenvalue weighted by molar-refractivity contribution is -0.120. The van der Waals surface area contributed by atoms with E-state index in [1.807, 2.05) is 6.92 Å². The molecule has 20 heavy (non-hydrogen) atoms. The average Bonchev–Trinajstić information content (AvgIpc) is 2.53. The molecular formula is C16H19NO3. The topological polar surface area (TPSA) is 66.7 Å². The molecule has 0 saturated carbocycles. The number of Topliss-reactive ketones (excluding diaryl/α,β-unsaturated/α-hetero) is 2. The van der Waals surface area contributed by atoms with Crippen LogP contribution >= 0.6 is 0 Å². The summed E-state index contributed by atoms with van der Waals surface area (Å²) in [6.45, 7) is 5.11. The Kier molecular flexibility index (Phi) is 4.02. The lowest BCUT2D eigenvalue weighted by Gasteiger charge is -2.15. The van der Waals surface area contributed by atoms with Crippen molar-refractivity contribution in [2.75, 3.05) is 0 Å². The van der Waals surface area contributed by atoms with Crippen LogP contribution in [-0.4, -0.2) is 28.4 Å². The van der Waals surface area contributed by atoms with Gasteiger partial charge < -0.3 is 5.11 Å². The number of hydrogen-bond donors (Lipinski definition) is 1. The molecule has 0 aromatic heterocycles.